The van der Waals surface area contributed by atoms with E-state index in [-0.39, 0.29) is 2.85 Å². The normalized spacial score (nSPS) is 11.6. The van der Waals surface area contributed by atoms with Crippen LogP contribution in [-0.2, 0) is 0 Å². The van der Waals surface area contributed by atoms with E-state index in [9.17, 15) is 0 Å². The van der Waals surface area contributed by atoms with Crippen LogP contribution in [0.1, 0.15) is 27.5 Å². The smallest absolute Gasteiger partial charge is 0.0477 e. The van der Waals surface area contributed by atoms with Crippen LogP contribution < -0.4 is 5.73 Å². The zero-order chi connectivity index (χ0) is 10.8. The summed E-state index contributed by atoms with van der Waals surface area (Å²) in [4.78, 5) is 3.28. The lowest BCUT2D eigenvalue weighted by Gasteiger charge is -2.00. The molecular weight excluding hydrogens is 184 g/mol. The van der Waals surface area contributed by atoms with Crippen LogP contribution in [-0.4, -0.2) is 4.98 Å². The molecule has 1 heterocycles. The molecule has 0 aliphatic heterocycles. The Bertz CT molecular complexity index is 515. The van der Waals surface area contributed by atoms with Gasteiger partial charge in [-0.05, 0) is 37.1 Å². The molecule has 0 unspecified atom stereocenters. The Morgan fingerprint density at radius 3 is 2.93 bits per heavy atom. The molecule has 0 radical (unpaired) electrons. The molecule has 0 amide bonds. The average molecular weight is 204 g/mol. The maximum atomic E-state index is 5.97. The van der Waals surface area contributed by atoms with E-state index in [1.807, 2.05) is 6.07 Å². The van der Waals surface area contributed by atoms with E-state index in [1.165, 1.54) is 11.1 Å². The van der Waals surface area contributed by atoms with Gasteiger partial charge in [-0.1, -0.05) is 19.1 Å². The number of benzene rings is 1. The summed E-state index contributed by atoms with van der Waals surface area (Å²) in [7, 11) is 0. The van der Waals surface area contributed by atoms with Crippen LogP contribution in [0.3, 0.4) is 0 Å². The van der Waals surface area contributed by atoms with Gasteiger partial charge in [0.2, 0.25) is 0 Å². The van der Waals surface area contributed by atoms with Crippen molar-refractivity contribution in [3.63, 3.8) is 0 Å². The minimum atomic E-state index is 0. The maximum absolute atomic E-state index is 5.97. The van der Waals surface area contributed by atoms with E-state index >= 15 is 0 Å². The molecule has 2 heteroatoms. The number of nitrogens with two attached hydrogens (primary N) is 1. The molecule has 2 nitrogen and oxygen atoms in total. The van der Waals surface area contributed by atoms with Crippen LogP contribution in [0.5, 0.6) is 0 Å². The molecule has 82 valence electrons. The van der Waals surface area contributed by atoms with E-state index in [2.05, 4.69) is 43.1 Å². The van der Waals surface area contributed by atoms with Gasteiger partial charge in [0.1, 0.15) is 0 Å². The highest BCUT2D eigenvalue weighted by atomic mass is 14.7. The number of H-pyrrole nitrogens is 1. The summed E-state index contributed by atoms with van der Waals surface area (Å²) in [5, 5.41) is 1.22. The summed E-state index contributed by atoms with van der Waals surface area (Å²) in [5.41, 5.74) is 10.2. The van der Waals surface area contributed by atoms with Gasteiger partial charge in [-0.3, -0.25) is 0 Å². The van der Waals surface area contributed by atoms with Crippen molar-refractivity contribution in [2.45, 2.75) is 20.3 Å². The molecule has 0 saturated heterocycles. The summed E-state index contributed by atoms with van der Waals surface area (Å²) in [5.74, 6) is 0. The van der Waals surface area contributed by atoms with Crippen molar-refractivity contribution in [3.05, 3.63) is 35.5 Å². The molecule has 0 aliphatic rings. The molecule has 3 N–H and O–H groups in total. The predicted octanol–water partition coefficient (Wildman–Crippen LogP) is 3.97. The summed E-state index contributed by atoms with van der Waals surface area (Å²) in [6.07, 6.45) is 5.23. The third-order valence-corrected chi connectivity index (χ3v) is 2.49. The molecule has 1 aromatic carbocycles. The molecule has 0 aliphatic carbocycles. The molecule has 2 rings (SSSR count). The Kier molecular flexibility index (Phi) is 2.50. The van der Waals surface area contributed by atoms with E-state index < -0.39 is 0 Å². The number of aromatic amines is 1. The van der Waals surface area contributed by atoms with Crippen molar-refractivity contribution in [2.75, 3.05) is 5.73 Å². The zero-order valence-corrected chi connectivity index (χ0v) is 9.17. The Morgan fingerprint density at radius 1 is 1.40 bits per heavy atom. The number of hydrogen-bond donors (Lipinski definition) is 2. The number of aromatic nitrogens is 1. The summed E-state index contributed by atoms with van der Waals surface area (Å²) < 4.78 is 0. The monoisotopic (exact) mass is 204 g/mol. The third-order valence-electron chi connectivity index (χ3n) is 2.49. The van der Waals surface area contributed by atoms with Crippen molar-refractivity contribution >= 4 is 22.7 Å². The predicted molar refractivity (Wildman–Crippen MR) is 71.0 cm³/mol. The van der Waals surface area contributed by atoms with E-state index in [0.29, 0.717) is 0 Å². The first-order valence-electron chi connectivity index (χ1n) is 5.26. The molecule has 15 heavy (non-hydrogen) atoms. The number of aryl methyl sites for hydroxylation is 1. The van der Waals surface area contributed by atoms with Crippen molar-refractivity contribution in [3.8, 4) is 0 Å². The lowest BCUT2D eigenvalue weighted by Crippen LogP contribution is -1.88. The van der Waals surface area contributed by atoms with Gasteiger partial charge in [0.25, 0.3) is 0 Å². The highest BCUT2D eigenvalue weighted by molar-refractivity contribution is 5.87. The van der Waals surface area contributed by atoms with Crippen molar-refractivity contribution in [2.24, 2.45) is 0 Å². The molecule has 0 fully saturated rings. The second-order valence-electron chi connectivity index (χ2n) is 3.83. The van der Waals surface area contributed by atoms with Gasteiger partial charge in [0.15, 0.2) is 0 Å². The number of nitrogen functional groups attached to an aromatic ring is 1. The zero-order valence-electron chi connectivity index (χ0n) is 9.17. The summed E-state index contributed by atoms with van der Waals surface area (Å²) in [6.45, 7) is 4.17. The first-order chi connectivity index (χ1) is 7.20. The van der Waals surface area contributed by atoms with Crippen LogP contribution in [0, 0.1) is 6.92 Å². The van der Waals surface area contributed by atoms with Crippen LogP contribution in [0.25, 0.3) is 17.0 Å². The van der Waals surface area contributed by atoms with Gasteiger partial charge >= 0.3 is 0 Å². The van der Waals surface area contributed by atoms with Crippen LogP contribution in [0.2, 0.25) is 0 Å². The fraction of sp³-hybridized carbons (Fsp3) is 0.231. The van der Waals surface area contributed by atoms with Crippen LogP contribution >= 0.6 is 0 Å². The van der Waals surface area contributed by atoms with Crippen molar-refractivity contribution in [1.82, 2.24) is 4.98 Å². The first kappa shape index (κ1) is 9.84. The first-order valence-corrected chi connectivity index (χ1v) is 5.26. The number of anilines is 1. The highest BCUT2D eigenvalue weighted by Gasteiger charge is 2.01. The average Bonchev–Trinajstić information content (AvgIpc) is 2.53. The van der Waals surface area contributed by atoms with Crippen molar-refractivity contribution in [1.29, 1.82) is 0 Å². The molecule has 1 aromatic heterocycles. The Hall–Kier alpha value is -1.70. The fourth-order valence-corrected chi connectivity index (χ4v) is 1.75. The number of fused-ring (bicyclic) bond motifs is 1. The van der Waals surface area contributed by atoms with Gasteiger partial charge in [-0.25, -0.2) is 0 Å². The maximum Gasteiger partial charge on any atom is 0.0477 e. The number of nitrogens with one attached hydrogen (secondary N) is 1. The Labute approximate surface area is 92.8 Å². The minimum absolute atomic E-state index is 0. The largest absolute Gasteiger partial charge is 0.398 e. The quantitative estimate of drug-likeness (QED) is 0.714. The minimum Gasteiger partial charge on any atom is -0.398 e. The van der Waals surface area contributed by atoms with Gasteiger partial charge in [0, 0.05) is 25.1 Å². The second kappa shape index (κ2) is 3.81. The van der Waals surface area contributed by atoms with Gasteiger partial charge in [0.05, 0.1) is 0 Å². The molecular formula is C13H20N2. The third kappa shape index (κ3) is 1.89. The van der Waals surface area contributed by atoms with Crippen LogP contribution in [0.4, 0.5) is 5.69 Å². The standard InChI is InChI=1S/C13H16N2.2H2/c1-3-4-5-10-7-11-6-9(2)15-13(11)8-12(10)14;;/h4-8,15H,3,14H2,1-2H3;2*1H/b5-4+;;. The Balaban J connectivity index is 0.00000128. The lowest BCUT2D eigenvalue weighted by atomic mass is 10.1. The van der Waals surface area contributed by atoms with E-state index in [1.54, 1.807) is 0 Å². The Morgan fingerprint density at radius 2 is 2.20 bits per heavy atom. The van der Waals surface area contributed by atoms with E-state index in [4.69, 9.17) is 5.73 Å². The lowest BCUT2D eigenvalue weighted by molar-refractivity contribution is 1.23. The molecule has 0 spiro atoms. The van der Waals surface area contributed by atoms with Crippen LogP contribution in [0.15, 0.2) is 24.3 Å². The summed E-state index contributed by atoms with van der Waals surface area (Å²) >= 11 is 0. The molecule has 0 saturated carbocycles. The highest BCUT2D eigenvalue weighted by Crippen LogP contribution is 2.23. The number of allylic oxidation sites excluding steroid dienone is 1. The second-order valence-corrected chi connectivity index (χ2v) is 3.83. The van der Waals surface area contributed by atoms with Gasteiger partial charge < -0.3 is 10.7 Å². The molecule has 2 aromatic rings. The molecule has 0 atom stereocenters. The van der Waals surface area contributed by atoms with E-state index in [0.717, 1.165) is 23.2 Å². The topological polar surface area (TPSA) is 41.8 Å². The van der Waals surface area contributed by atoms with Crippen molar-refractivity contribution < 1.29 is 2.85 Å². The molecule has 0 bridgehead atoms. The fourth-order valence-electron chi connectivity index (χ4n) is 1.75. The SMILES string of the molecule is CC/C=C/c1cc2cc(C)[nH]c2cc1N.[HH].[HH]. The number of hydrogen-bond acceptors (Lipinski definition) is 1. The summed E-state index contributed by atoms with van der Waals surface area (Å²) in [6, 6.07) is 6.26. The van der Waals surface area contributed by atoms with Gasteiger partial charge in [-0.15, -0.1) is 0 Å². The number of rotatable bonds is 2. The van der Waals surface area contributed by atoms with Gasteiger partial charge in [-0.2, -0.15) is 0 Å².